The molecule has 0 spiro atoms. The number of hydrogen-bond acceptors (Lipinski definition) is 3. The molecule has 4 heteroatoms. The summed E-state index contributed by atoms with van der Waals surface area (Å²) in [4.78, 5) is 11.5. The van der Waals surface area contributed by atoms with Gasteiger partial charge in [-0.15, -0.1) is 0 Å². The summed E-state index contributed by atoms with van der Waals surface area (Å²) >= 11 is 0. The summed E-state index contributed by atoms with van der Waals surface area (Å²) in [5.74, 6) is 0.722. The van der Waals surface area contributed by atoms with E-state index < -0.39 is 0 Å². The molecular formula is C16H23NO3. The van der Waals surface area contributed by atoms with Crippen LogP contribution in [0.1, 0.15) is 50.3 Å². The number of ether oxygens (including phenoxy) is 1. The Labute approximate surface area is 120 Å². The van der Waals surface area contributed by atoms with Gasteiger partial charge < -0.3 is 15.2 Å². The summed E-state index contributed by atoms with van der Waals surface area (Å²) < 4.78 is 5.60. The first-order valence-electron chi connectivity index (χ1n) is 7.29. The molecule has 2 N–H and O–H groups in total. The van der Waals surface area contributed by atoms with Crippen molar-refractivity contribution < 1.29 is 14.6 Å². The quantitative estimate of drug-likeness (QED) is 0.868. The van der Waals surface area contributed by atoms with Gasteiger partial charge in [0.1, 0.15) is 5.75 Å². The van der Waals surface area contributed by atoms with Crippen molar-refractivity contribution in [2.24, 2.45) is 0 Å². The van der Waals surface area contributed by atoms with E-state index in [1.54, 1.807) is 0 Å². The first-order chi connectivity index (χ1) is 9.56. The highest BCUT2D eigenvalue weighted by Gasteiger charge is 2.18. The van der Waals surface area contributed by atoms with Gasteiger partial charge in [0.25, 0.3) is 0 Å². The minimum atomic E-state index is -0.383. The first-order valence-corrected chi connectivity index (χ1v) is 7.29. The summed E-state index contributed by atoms with van der Waals surface area (Å²) in [5, 5.41) is 12.8. The molecule has 4 nitrogen and oxygen atoms in total. The van der Waals surface area contributed by atoms with Crippen molar-refractivity contribution >= 4 is 5.91 Å². The molecule has 1 aliphatic rings. The number of carbonyl (C=O) groups is 1. The summed E-state index contributed by atoms with van der Waals surface area (Å²) in [6.45, 7) is 4.22. The zero-order valence-corrected chi connectivity index (χ0v) is 12.2. The largest absolute Gasteiger partial charge is 0.493 e. The van der Waals surface area contributed by atoms with Crippen LogP contribution >= 0.6 is 0 Å². The average molecular weight is 277 g/mol. The van der Waals surface area contributed by atoms with E-state index in [-0.39, 0.29) is 18.1 Å². The predicted octanol–water partition coefficient (Wildman–Crippen LogP) is 2.35. The molecule has 1 aliphatic carbocycles. The Bertz CT molecular complexity index is 471. The molecule has 2 rings (SSSR count). The normalized spacial score (nSPS) is 17.7. The van der Waals surface area contributed by atoms with Crippen LogP contribution in [0.25, 0.3) is 0 Å². The highest BCUT2D eigenvalue weighted by Crippen LogP contribution is 2.32. The Morgan fingerprint density at radius 2 is 2.30 bits per heavy atom. The molecule has 20 heavy (non-hydrogen) atoms. The maximum Gasteiger partial charge on any atom is 0.223 e. The van der Waals surface area contributed by atoms with Crippen LogP contribution in [0.15, 0.2) is 18.2 Å². The maximum absolute atomic E-state index is 11.5. The zero-order valence-electron chi connectivity index (χ0n) is 12.2. The highest BCUT2D eigenvalue weighted by atomic mass is 16.5. The Hall–Kier alpha value is -1.55. The van der Waals surface area contributed by atoms with Crippen LogP contribution in [-0.2, 0) is 11.2 Å². The van der Waals surface area contributed by atoms with Crippen molar-refractivity contribution in [3.63, 3.8) is 0 Å². The van der Waals surface area contributed by atoms with Gasteiger partial charge in [0.15, 0.2) is 0 Å². The second-order valence-corrected chi connectivity index (χ2v) is 5.59. The van der Waals surface area contributed by atoms with Gasteiger partial charge in [-0.1, -0.05) is 6.07 Å². The Morgan fingerprint density at radius 3 is 3.05 bits per heavy atom. The van der Waals surface area contributed by atoms with Gasteiger partial charge in [0.2, 0.25) is 5.91 Å². The fourth-order valence-electron chi connectivity index (χ4n) is 2.50. The van der Waals surface area contributed by atoms with Crippen LogP contribution in [0.5, 0.6) is 5.75 Å². The molecule has 0 aromatic heterocycles. The molecule has 0 heterocycles. The molecule has 1 atom stereocenters. The summed E-state index contributed by atoms with van der Waals surface area (Å²) in [6, 6.07) is 5.99. The Kier molecular flexibility index (Phi) is 5.01. The van der Waals surface area contributed by atoms with E-state index in [1.165, 1.54) is 5.56 Å². The fraction of sp³-hybridized carbons (Fsp3) is 0.562. The van der Waals surface area contributed by atoms with E-state index in [4.69, 9.17) is 4.74 Å². The molecule has 1 aromatic carbocycles. The van der Waals surface area contributed by atoms with Crippen molar-refractivity contribution in [3.05, 3.63) is 29.3 Å². The molecule has 1 aromatic rings. The third-order valence-electron chi connectivity index (χ3n) is 3.45. The standard InChI is InChI=1S/C16H23NO3/c1-11(2)17-16(19)8-9-20-13-7-6-12-4-3-5-15(18)14(12)10-13/h6-7,10-11,15,18H,3-5,8-9H2,1-2H3,(H,17,19)/t15-/m0/s1. The van der Waals surface area contributed by atoms with Gasteiger partial charge in [-0.25, -0.2) is 0 Å². The topological polar surface area (TPSA) is 58.6 Å². The third kappa shape index (κ3) is 3.97. The fourth-order valence-corrected chi connectivity index (χ4v) is 2.50. The number of rotatable bonds is 5. The third-order valence-corrected chi connectivity index (χ3v) is 3.45. The van der Waals surface area contributed by atoms with Crippen LogP contribution in [0, 0.1) is 0 Å². The van der Waals surface area contributed by atoms with Crippen molar-refractivity contribution in [2.45, 2.75) is 51.7 Å². The summed E-state index contributed by atoms with van der Waals surface area (Å²) in [5.41, 5.74) is 2.18. The number of nitrogens with one attached hydrogen (secondary N) is 1. The smallest absolute Gasteiger partial charge is 0.223 e. The summed E-state index contributed by atoms with van der Waals surface area (Å²) in [6.07, 6.45) is 2.82. The van der Waals surface area contributed by atoms with Gasteiger partial charge >= 0.3 is 0 Å². The number of aryl methyl sites for hydroxylation is 1. The molecular weight excluding hydrogens is 254 g/mol. The van der Waals surface area contributed by atoms with Crippen LogP contribution < -0.4 is 10.1 Å². The number of carbonyl (C=O) groups excluding carboxylic acids is 1. The lowest BCUT2D eigenvalue weighted by atomic mass is 9.89. The number of aliphatic hydroxyl groups excluding tert-OH is 1. The van der Waals surface area contributed by atoms with E-state index >= 15 is 0 Å². The number of hydrogen-bond donors (Lipinski definition) is 2. The minimum absolute atomic E-state index is 0.00186. The lowest BCUT2D eigenvalue weighted by Gasteiger charge is -2.22. The minimum Gasteiger partial charge on any atom is -0.493 e. The van der Waals surface area contributed by atoms with Crippen molar-refractivity contribution in [3.8, 4) is 5.75 Å². The van der Waals surface area contributed by atoms with Gasteiger partial charge in [-0.05, 0) is 56.4 Å². The van der Waals surface area contributed by atoms with E-state index in [0.717, 1.165) is 30.6 Å². The average Bonchev–Trinajstić information content (AvgIpc) is 2.39. The van der Waals surface area contributed by atoms with Gasteiger partial charge in [-0.2, -0.15) is 0 Å². The molecule has 1 amide bonds. The van der Waals surface area contributed by atoms with E-state index in [9.17, 15) is 9.90 Å². The second kappa shape index (κ2) is 6.75. The van der Waals surface area contributed by atoms with E-state index in [1.807, 2.05) is 32.0 Å². The molecule has 0 radical (unpaired) electrons. The second-order valence-electron chi connectivity index (χ2n) is 5.59. The maximum atomic E-state index is 11.5. The monoisotopic (exact) mass is 277 g/mol. The Balaban J connectivity index is 1.88. The lowest BCUT2D eigenvalue weighted by Crippen LogP contribution is -2.31. The molecule has 0 bridgehead atoms. The van der Waals surface area contributed by atoms with Crippen molar-refractivity contribution in [2.75, 3.05) is 6.61 Å². The molecule has 0 saturated heterocycles. The molecule has 110 valence electrons. The molecule has 0 aliphatic heterocycles. The zero-order chi connectivity index (χ0) is 14.5. The lowest BCUT2D eigenvalue weighted by molar-refractivity contribution is -0.122. The highest BCUT2D eigenvalue weighted by molar-refractivity contribution is 5.76. The van der Waals surface area contributed by atoms with E-state index in [0.29, 0.717) is 13.0 Å². The SMILES string of the molecule is CC(C)NC(=O)CCOc1ccc2c(c1)[C@@H](O)CCC2. The van der Waals surface area contributed by atoms with Gasteiger partial charge in [-0.3, -0.25) is 4.79 Å². The molecule has 0 fully saturated rings. The van der Waals surface area contributed by atoms with Crippen molar-refractivity contribution in [1.29, 1.82) is 0 Å². The number of aliphatic hydroxyl groups is 1. The predicted molar refractivity (Wildman–Crippen MR) is 77.7 cm³/mol. The van der Waals surface area contributed by atoms with Gasteiger partial charge in [0, 0.05) is 6.04 Å². The van der Waals surface area contributed by atoms with Gasteiger partial charge in [0.05, 0.1) is 19.1 Å². The molecule has 0 saturated carbocycles. The van der Waals surface area contributed by atoms with Crippen LogP contribution in [0.2, 0.25) is 0 Å². The number of fused-ring (bicyclic) bond motifs is 1. The van der Waals surface area contributed by atoms with Crippen LogP contribution in [0.4, 0.5) is 0 Å². The van der Waals surface area contributed by atoms with Crippen LogP contribution in [0.3, 0.4) is 0 Å². The van der Waals surface area contributed by atoms with Crippen molar-refractivity contribution in [1.82, 2.24) is 5.32 Å². The van der Waals surface area contributed by atoms with E-state index in [2.05, 4.69) is 5.32 Å². The molecule has 0 unspecified atom stereocenters. The number of amides is 1. The first kappa shape index (κ1) is 14.9. The Morgan fingerprint density at radius 1 is 1.50 bits per heavy atom. The van der Waals surface area contributed by atoms with Crippen LogP contribution in [-0.4, -0.2) is 23.7 Å². The number of benzene rings is 1. The summed E-state index contributed by atoms with van der Waals surface area (Å²) in [7, 11) is 0.